The van der Waals surface area contributed by atoms with Crippen LogP contribution in [-0.4, -0.2) is 25.8 Å². The smallest absolute Gasteiger partial charge is 0.261 e. The number of nitrogens with zero attached hydrogens (tertiary/aromatic N) is 1. The highest BCUT2D eigenvalue weighted by atomic mass is 32.1. The van der Waals surface area contributed by atoms with Crippen LogP contribution in [0, 0.1) is 0 Å². The third-order valence-electron chi connectivity index (χ3n) is 4.73. The Morgan fingerprint density at radius 2 is 2.14 bits per heavy atom. The van der Waals surface area contributed by atoms with Crippen molar-refractivity contribution in [2.24, 2.45) is 4.99 Å². The summed E-state index contributed by atoms with van der Waals surface area (Å²) in [6.07, 6.45) is 16.3. The molecule has 2 heterocycles. The molecule has 0 radical (unpaired) electrons. The highest BCUT2D eigenvalue weighted by molar-refractivity contribution is 7.14. The summed E-state index contributed by atoms with van der Waals surface area (Å²) in [5.41, 5.74) is 1.44. The van der Waals surface area contributed by atoms with Gasteiger partial charge in [-0.15, -0.1) is 11.3 Å². The van der Waals surface area contributed by atoms with E-state index >= 15 is 0 Å². The zero-order valence-corrected chi connectivity index (χ0v) is 18.1. The molecule has 1 atom stereocenters. The minimum atomic E-state index is 0.0334. The van der Waals surface area contributed by atoms with Gasteiger partial charge in [0.25, 0.3) is 5.91 Å². The van der Waals surface area contributed by atoms with E-state index < -0.39 is 0 Å². The fraction of sp³-hybridized carbons (Fsp3) is 0.478. The van der Waals surface area contributed by atoms with Crippen molar-refractivity contribution in [3.63, 3.8) is 0 Å². The molecule has 28 heavy (non-hydrogen) atoms. The molecule has 3 rings (SSSR count). The van der Waals surface area contributed by atoms with Crippen LogP contribution in [0.1, 0.15) is 72.8 Å². The van der Waals surface area contributed by atoms with Crippen LogP contribution in [0.15, 0.2) is 52.9 Å². The number of rotatable bonds is 7. The zero-order chi connectivity index (χ0) is 20.2. The van der Waals surface area contributed by atoms with E-state index in [9.17, 15) is 4.79 Å². The fourth-order valence-corrected chi connectivity index (χ4v) is 4.22. The summed E-state index contributed by atoms with van der Waals surface area (Å²) in [6, 6.07) is 3.99. The summed E-state index contributed by atoms with van der Waals surface area (Å²) < 4.78 is 5.32. The van der Waals surface area contributed by atoms with Crippen molar-refractivity contribution in [1.82, 2.24) is 5.32 Å². The van der Waals surface area contributed by atoms with Gasteiger partial charge in [0, 0.05) is 36.2 Å². The van der Waals surface area contributed by atoms with Gasteiger partial charge in [-0.05, 0) is 50.3 Å². The van der Waals surface area contributed by atoms with Crippen LogP contribution in [0.2, 0.25) is 0 Å². The number of amides is 1. The first kappa shape index (κ1) is 22.2. The van der Waals surface area contributed by atoms with Crippen LogP contribution < -0.4 is 5.32 Å². The number of carbonyl (C=O) groups excluding carboxylic acids is 1. The minimum Gasteiger partial charge on any atom is -0.501 e. The monoisotopic (exact) mass is 400 g/mol. The Balaban J connectivity index is 0.00000136. The normalized spacial score (nSPS) is 18.3. The molecule has 2 aliphatic rings. The second-order valence-corrected chi connectivity index (χ2v) is 7.71. The topological polar surface area (TPSA) is 50.7 Å². The number of allylic oxidation sites excluding steroid dienone is 5. The molecule has 5 heteroatoms. The Morgan fingerprint density at radius 1 is 1.29 bits per heavy atom. The lowest BCUT2D eigenvalue weighted by Crippen LogP contribution is -2.23. The molecule has 0 bridgehead atoms. The first-order valence-corrected chi connectivity index (χ1v) is 11.1. The van der Waals surface area contributed by atoms with E-state index in [4.69, 9.17) is 4.74 Å². The van der Waals surface area contributed by atoms with Crippen molar-refractivity contribution >= 4 is 23.5 Å². The molecule has 0 spiro atoms. The lowest BCUT2D eigenvalue weighted by atomic mass is 10.0. The van der Waals surface area contributed by atoms with Gasteiger partial charge in [0.1, 0.15) is 0 Å². The van der Waals surface area contributed by atoms with Crippen molar-refractivity contribution in [2.45, 2.75) is 58.3 Å². The molecule has 4 nitrogen and oxygen atoms in total. The highest BCUT2D eigenvalue weighted by Gasteiger charge is 2.15. The molecule has 152 valence electrons. The molecule has 1 aliphatic heterocycles. The largest absolute Gasteiger partial charge is 0.501 e. The number of carbonyl (C=O) groups is 1. The molecule has 0 aromatic carbocycles. The predicted octanol–water partition coefficient (Wildman–Crippen LogP) is 6.00. The first-order valence-electron chi connectivity index (χ1n) is 10.2. The van der Waals surface area contributed by atoms with E-state index in [1.54, 1.807) is 18.4 Å². The van der Waals surface area contributed by atoms with Crippen LogP contribution in [0.5, 0.6) is 0 Å². The SMILES string of the molecule is CC.COC1=CC=C(CCCNC(=O)c2ccc(C3C=CN=CC3)s2)CCC1. The van der Waals surface area contributed by atoms with Gasteiger partial charge in [-0.25, -0.2) is 0 Å². The van der Waals surface area contributed by atoms with Crippen LogP contribution in [0.4, 0.5) is 0 Å². The van der Waals surface area contributed by atoms with E-state index in [0.717, 1.165) is 49.2 Å². The first-order chi connectivity index (χ1) is 13.8. The van der Waals surface area contributed by atoms with Gasteiger partial charge >= 0.3 is 0 Å². The molecule has 1 aromatic rings. The van der Waals surface area contributed by atoms with Gasteiger partial charge in [-0.1, -0.05) is 31.6 Å². The molecule has 0 saturated heterocycles. The quantitative estimate of drug-likeness (QED) is 0.571. The number of ether oxygens (including phenoxy) is 1. The number of hydrogen-bond acceptors (Lipinski definition) is 4. The highest BCUT2D eigenvalue weighted by Crippen LogP contribution is 2.29. The summed E-state index contributed by atoms with van der Waals surface area (Å²) in [5, 5.41) is 3.05. The van der Waals surface area contributed by atoms with Crippen molar-refractivity contribution in [1.29, 1.82) is 0 Å². The summed E-state index contributed by atoms with van der Waals surface area (Å²) in [7, 11) is 1.73. The maximum atomic E-state index is 12.3. The lowest BCUT2D eigenvalue weighted by molar-refractivity contribution is 0.0957. The molecule has 1 aliphatic carbocycles. The van der Waals surface area contributed by atoms with Gasteiger partial charge in [-0.3, -0.25) is 9.79 Å². The van der Waals surface area contributed by atoms with Crippen LogP contribution in [-0.2, 0) is 4.74 Å². The Morgan fingerprint density at radius 3 is 2.89 bits per heavy atom. The van der Waals surface area contributed by atoms with Gasteiger partial charge in [0.05, 0.1) is 17.7 Å². The van der Waals surface area contributed by atoms with Gasteiger partial charge in [-0.2, -0.15) is 0 Å². The van der Waals surface area contributed by atoms with E-state index in [-0.39, 0.29) is 5.91 Å². The van der Waals surface area contributed by atoms with E-state index in [1.165, 1.54) is 10.5 Å². The number of aliphatic imine (C=N–C) groups is 1. The van der Waals surface area contributed by atoms with Gasteiger partial charge in [0.2, 0.25) is 0 Å². The molecule has 1 N–H and O–H groups in total. The Labute approximate surface area is 173 Å². The second-order valence-electron chi connectivity index (χ2n) is 6.59. The minimum absolute atomic E-state index is 0.0334. The average molecular weight is 401 g/mol. The van der Waals surface area contributed by atoms with E-state index in [1.807, 2.05) is 32.3 Å². The zero-order valence-electron chi connectivity index (χ0n) is 17.2. The predicted molar refractivity (Wildman–Crippen MR) is 119 cm³/mol. The summed E-state index contributed by atoms with van der Waals surface area (Å²) in [5.74, 6) is 1.44. The number of hydrogen-bond donors (Lipinski definition) is 1. The molecule has 0 fully saturated rings. The maximum Gasteiger partial charge on any atom is 0.261 e. The number of thiophene rings is 1. The van der Waals surface area contributed by atoms with Crippen molar-refractivity contribution in [3.8, 4) is 0 Å². The molecule has 1 aromatic heterocycles. The Kier molecular flexibility index (Phi) is 9.77. The third kappa shape index (κ3) is 6.79. The third-order valence-corrected chi connectivity index (χ3v) is 5.95. The molecular formula is C23H32N2O2S. The van der Waals surface area contributed by atoms with Crippen LogP contribution >= 0.6 is 11.3 Å². The van der Waals surface area contributed by atoms with E-state index in [2.05, 4.69) is 34.6 Å². The Hall–Kier alpha value is -2.14. The standard InChI is InChI=1S/C21H26N2O2S.C2H6/c1-25-18-6-2-4-16(7-8-18)5-3-13-23-21(24)20-10-9-19(26-20)17-11-14-22-15-12-17;1-2/h7-11,14-15,17H,2-6,12-13H2,1H3,(H,23,24);1-2H3. The average Bonchev–Trinajstić information content (AvgIpc) is 3.14. The Bertz CT molecular complexity index is 744. The van der Waals surface area contributed by atoms with E-state index in [0.29, 0.717) is 12.5 Å². The molecule has 1 amide bonds. The number of nitrogens with one attached hydrogen (secondary N) is 1. The van der Waals surface area contributed by atoms with Crippen LogP contribution in [0.25, 0.3) is 0 Å². The van der Waals surface area contributed by atoms with Gasteiger partial charge in [0.15, 0.2) is 0 Å². The van der Waals surface area contributed by atoms with Crippen LogP contribution in [0.3, 0.4) is 0 Å². The van der Waals surface area contributed by atoms with Crippen molar-refractivity contribution < 1.29 is 9.53 Å². The van der Waals surface area contributed by atoms with Gasteiger partial charge < -0.3 is 10.1 Å². The summed E-state index contributed by atoms with van der Waals surface area (Å²) in [6.45, 7) is 4.71. The number of methoxy groups -OCH3 is 1. The molecular weight excluding hydrogens is 368 g/mol. The maximum absolute atomic E-state index is 12.3. The van der Waals surface area contributed by atoms with Crippen molar-refractivity contribution in [3.05, 3.63) is 57.6 Å². The molecule has 1 unspecified atom stereocenters. The summed E-state index contributed by atoms with van der Waals surface area (Å²) in [4.78, 5) is 18.5. The summed E-state index contributed by atoms with van der Waals surface area (Å²) >= 11 is 1.58. The molecule has 0 saturated carbocycles. The van der Waals surface area contributed by atoms with Crippen molar-refractivity contribution in [2.75, 3.05) is 13.7 Å². The second kappa shape index (κ2) is 12.3. The lowest BCUT2D eigenvalue weighted by Gasteiger charge is -2.09. The fourth-order valence-electron chi connectivity index (χ4n) is 3.20.